The average molecular weight is 259 g/mol. The van der Waals surface area contributed by atoms with E-state index in [9.17, 15) is 9.59 Å². The number of carbonyl (C=O) groups excluding carboxylic acids is 2. The van der Waals surface area contributed by atoms with Crippen LogP contribution in [0.4, 0.5) is 0 Å². The molecule has 5 nitrogen and oxygen atoms in total. The van der Waals surface area contributed by atoms with Crippen LogP contribution < -0.4 is 0 Å². The van der Waals surface area contributed by atoms with Gasteiger partial charge in [0.05, 0.1) is 19.7 Å². The predicted molar refractivity (Wildman–Crippen MR) is 69.2 cm³/mol. The molecule has 0 unspecified atom stereocenters. The summed E-state index contributed by atoms with van der Waals surface area (Å²) < 4.78 is 10.1. The van der Waals surface area contributed by atoms with Crippen molar-refractivity contribution in [3.05, 3.63) is 0 Å². The van der Waals surface area contributed by atoms with E-state index < -0.39 is 5.60 Å². The highest BCUT2D eigenvalue weighted by Gasteiger charge is 2.22. The van der Waals surface area contributed by atoms with Gasteiger partial charge in [-0.05, 0) is 41.5 Å². The fourth-order valence-corrected chi connectivity index (χ4v) is 1.33. The van der Waals surface area contributed by atoms with Gasteiger partial charge < -0.3 is 9.47 Å². The summed E-state index contributed by atoms with van der Waals surface area (Å²) in [5.41, 5.74) is -0.510. The van der Waals surface area contributed by atoms with E-state index in [-0.39, 0.29) is 31.1 Å². The van der Waals surface area contributed by atoms with Crippen molar-refractivity contribution in [2.75, 3.05) is 19.7 Å². The Bertz CT molecular complexity index is 281. The molecule has 0 saturated heterocycles. The largest absolute Gasteiger partial charge is 0.465 e. The summed E-state index contributed by atoms with van der Waals surface area (Å²) in [6.07, 6.45) is 0. The third-order valence-electron chi connectivity index (χ3n) is 2.12. The minimum Gasteiger partial charge on any atom is -0.465 e. The van der Waals surface area contributed by atoms with Crippen molar-refractivity contribution in [1.82, 2.24) is 4.90 Å². The summed E-state index contributed by atoms with van der Waals surface area (Å²) in [7, 11) is 0. The zero-order chi connectivity index (χ0) is 14.3. The summed E-state index contributed by atoms with van der Waals surface area (Å²) in [5, 5.41) is 0. The predicted octanol–water partition coefficient (Wildman–Crippen LogP) is 1.60. The van der Waals surface area contributed by atoms with Crippen LogP contribution in [0.15, 0.2) is 0 Å². The molecule has 0 fully saturated rings. The van der Waals surface area contributed by atoms with Crippen LogP contribution in [-0.2, 0) is 19.1 Å². The second kappa shape index (κ2) is 7.36. The topological polar surface area (TPSA) is 55.8 Å². The highest BCUT2D eigenvalue weighted by Crippen LogP contribution is 2.08. The van der Waals surface area contributed by atoms with E-state index in [2.05, 4.69) is 0 Å². The van der Waals surface area contributed by atoms with Gasteiger partial charge in [0.2, 0.25) is 0 Å². The fourth-order valence-electron chi connectivity index (χ4n) is 1.33. The zero-order valence-electron chi connectivity index (χ0n) is 12.3. The van der Waals surface area contributed by atoms with E-state index in [1.54, 1.807) is 11.8 Å². The maximum atomic E-state index is 11.7. The first-order chi connectivity index (χ1) is 8.15. The monoisotopic (exact) mass is 259 g/mol. The molecule has 0 atom stereocenters. The van der Waals surface area contributed by atoms with Crippen molar-refractivity contribution in [2.45, 2.75) is 53.2 Å². The number of esters is 2. The lowest BCUT2D eigenvalue weighted by Gasteiger charge is -2.26. The summed E-state index contributed by atoms with van der Waals surface area (Å²) in [6.45, 7) is 11.6. The van der Waals surface area contributed by atoms with Crippen molar-refractivity contribution in [3.63, 3.8) is 0 Å². The van der Waals surface area contributed by atoms with Crippen molar-refractivity contribution < 1.29 is 19.1 Å². The van der Waals surface area contributed by atoms with E-state index in [4.69, 9.17) is 9.47 Å². The van der Waals surface area contributed by atoms with Crippen LogP contribution in [0.1, 0.15) is 41.5 Å². The molecule has 0 aromatic heterocycles. The molecule has 0 bridgehead atoms. The number of rotatable bonds is 6. The minimum atomic E-state index is -0.510. The molecular formula is C13H25NO4. The maximum Gasteiger partial charge on any atom is 0.320 e. The SMILES string of the molecule is CCOC(=O)CN(CC(=O)OC(C)(C)C)C(C)C. The van der Waals surface area contributed by atoms with Crippen molar-refractivity contribution in [3.8, 4) is 0 Å². The second-order valence-corrected chi connectivity index (χ2v) is 5.39. The first-order valence-electron chi connectivity index (χ1n) is 6.27. The summed E-state index contributed by atoms with van der Waals surface area (Å²) in [6, 6.07) is 0.0712. The van der Waals surface area contributed by atoms with Crippen LogP contribution in [0.5, 0.6) is 0 Å². The third kappa shape index (κ3) is 8.06. The second-order valence-electron chi connectivity index (χ2n) is 5.39. The standard InChI is InChI=1S/C13H25NO4/c1-7-17-11(15)8-14(10(2)3)9-12(16)18-13(4,5)6/h10H,7-9H2,1-6H3. The summed E-state index contributed by atoms with van der Waals surface area (Å²) >= 11 is 0. The summed E-state index contributed by atoms with van der Waals surface area (Å²) in [5.74, 6) is -0.657. The molecule has 0 aliphatic rings. The number of hydrogen-bond acceptors (Lipinski definition) is 5. The van der Waals surface area contributed by atoms with Crippen LogP contribution in [0.2, 0.25) is 0 Å². The molecule has 0 aliphatic carbocycles. The van der Waals surface area contributed by atoms with E-state index in [0.29, 0.717) is 6.61 Å². The van der Waals surface area contributed by atoms with E-state index >= 15 is 0 Å². The van der Waals surface area contributed by atoms with Crippen LogP contribution in [0, 0.1) is 0 Å². The molecule has 0 saturated carbocycles. The lowest BCUT2D eigenvalue weighted by Crippen LogP contribution is -2.42. The molecule has 0 aromatic rings. The third-order valence-corrected chi connectivity index (χ3v) is 2.12. The van der Waals surface area contributed by atoms with Crippen molar-refractivity contribution in [1.29, 1.82) is 0 Å². The number of nitrogens with zero attached hydrogens (tertiary/aromatic N) is 1. The van der Waals surface area contributed by atoms with Crippen molar-refractivity contribution in [2.24, 2.45) is 0 Å². The molecule has 0 heterocycles. The zero-order valence-corrected chi connectivity index (χ0v) is 12.3. The molecule has 18 heavy (non-hydrogen) atoms. The van der Waals surface area contributed by atoms with Gasteiger partial charge in [-0.25, -0.2) is 0 Å². The Kier molecular flexibility index (Phi) is 6.91. The first kappa shape index (κ1) is 16.9. The van der Waals surface area contributed by atoms with Gasteiger partial charge in [-0.2, -0.15) is 0 Å². The minimum absolute atomic E-state index is 0.0712. The van der Waals surface area contributed by atoms with E-state index in [1.807, 2.05) is 34.6 Å². The average Bonchev–Trinajstić information content (AvgIpc) is 2.13. The van der Waals surface area contributed by atoms with Crippen LogP contribution >= 0.6 is 0 Å². The van der Waals surface area contributed by atoms with Gasteiger partial charge in [-0.3, -0.25) is 14.5 Å². The first-order valence-corrected chi connectivity index (χ1v) is 6.27. The van der Waals surface area contributed by atoms with Crippen LogP contribution in [0.25, 0.3) is 0 Å². The molecule has 0 amide bonds. The van der Waals surface area contributed by atoms with Gasteiger partial charge in [-0.15, -0.1) is 0 Å². The Hall–Kier alpha value is -1.10. The molecule has 0 spiro atoms. The molecule has 0 radical (unpaired) electrons. The maximum absolute atomic E-state index is 11.7. The molecule has 0 rings (SSSR count). The molecular weight excluding hydrogens is 234 g/mol. The van der Waals surface area contributed by atoms with Crippen LogP contribution in [-0.4, -0.2) is 48.2 Å². The summed E-state index contributed by atoms with van der Waals surface area (Å²) in [4.78, 5) is 24.8. The van der Waals surface area contributed by atoms with Gasteiger partial charge in [0.1, 0.15) is 5.60 Å². The normalized spacial score (nSPS) is 11.8. The Morgan fingerprint density at radius 1 is 1.11 bits per heavy atom. The highest BCUT2D eigenvalue weighted by molar-refractivity contribution is 5.75. The van der Waals surface area contributed by atoms with Gasteiger partial charge >= 0.3 is 11.9 Å². The molecule has 0 aromatic carbocycles. The highest BCUT2D eigenvalue weighted by atomic mass is 16.6. The molecule has 0 aliphatic heterocycles. The quantitative estimate of drug-likeness (QED) is 0.678. The number of ether oxygens (including phenoxy) is 2. The number of hydrogen-bond donors (Lipinski definition) is 0. The van der Waals surface area contributed by atoms with Gasteiger partial charge in [0.15, 0.2) is 0 Å². The Balaban J connectivity index is 4.36. The lowest BCUT2D eigenvalue weighted by atomic mass is 10.2. The van der Waals surface area contributed by atoms with Crippen LogP contribution in [0.3, 0.4) is 0 Å². The van der Waals surface area contributed by atoms with Gasteiger partial charge in [0.25, 0.3) is 0 Å². The van der Waals surface area contributed by atoms with E-state index in [0.717, 1.165) is 0 Å². The Morgan fingerprint density at radius 3 is 2.00 bits per heavy atom. The molecule has 106 valence electrons. The van der Waals surface area contributed by atoms with Gasteiger partial charge in [0, 0.05) is 6.04 Å². The lowest BCUT2D eigenvalue weighted by molar-refractivity contribution is -0.157. The molecule has 0 N–H and O–H groups in total. The fraction of sp³-hybridized carbons (Fsp3) is 0.846. The van der Waals surface area contributed by atoms with E-state index in [1.165, 1.54) is 0 Å². The van der Waals surface area contributed by atoms with Crippen molar-refractivity contribution >= 4 is 11.9 Å². The Morgan fingerprint density at radius 2 is 1.61 bits per heavy atom. The Labute approximate surface area is 109 Å². The smallest absolute Gasteiger partial charge is 0.320 e. The number of carbonyl (C=O) groups is 2. The molecule has 5 heteroatoms. The van der Waals surface area contributed by atoms with Gasteiger partial charge in [-0.1, -0.05) is 0 Å².